The minimum absolute atomic E-state index is 0.0857. The third kappa shape index (κ3) is 19.7. The van der Waals surface area contributed by atoms with E-state index in [0.717, 1.165) is 53.9 Å². The van der Waals surface area contributed by atoms with Gasteiger partial charge in [-0.2, -0.15) is 23.5 Å². The number of benzene rings is 1. The van der Waals surface area contributed by atoms with Crippen LogP contribution in [-0.2, 0) is 30.6 Å². The molecule has 0 amide bonds. The fourth-order valence-corrected chi connectivity index (χ4v) is 6.06. The molecule has 0 fully saturated rings. The molecule has 0 bridgehead atoms. The van der Waals surface area contributed by atoms with E-state index >= 15 is 0 Å². The molecule has 0 saturated heterocycles. The average Bonchev–Trinajstić information content (AvgIpc) is 2.94. The van der Waals surface area contributed by atoms with E-state index in [2.05, 4.69) is 19.9 Å². The fraction of sp³-hybridized carbons (Fsp3) is 0.758. The number of phenols is 1. The Morgan fingerprint density at radius 2 is 1.12 bits per heavy atom. The molecule has 0 saturated carbocycles. The van der Waals surface area contributed by atoms with Gasteiger partial charge < -0.3 is 14.6 Å². The van der Waals surface area contributed by atoms with Crippen molar-refractivity contribution >= 4 is 35.5 Å². The molecule has 1 aromatic carbocycles. The molecule has 1 rings (SSSR count). The number of phenolic OH excluding ortho intramolecular Hbond substituents is 1. The van der Waals surface area contributed by atoms with Crippen molar-refractivity contribution in [3.8, 4) is 5.75 Å². The van der Waals surface area contributed by atoms with Gasteiger partial charge in [0.15, 0.2) is 0 Å². The van der Waals surface area contributed by atoms with Gasteiger partial charge in [0.05, 0.1) is 0 Å². The normalized spacial score (nSPS) is 11.1. The summed E-state index contributed by atoms with van der Waals surface area (Å²) in [5.74, 6) is 3.12. The standard InChI is InChI=1S/C33H56O5S2/c1-4-6-8-10-12-14-16-18-31(34)37-20-22-39-26-29-24-28(3)33(36)30(25-29)27-40-23-21-38-32(35)19-17-15-13-11-9-7-5-2/h24-25,36H,4-23,26-27H2,1-3H3. The first-order valence-electron chi connectivity index (χ1n) is 15.8. The lowest BCUT2D eigenvalue weighted by Crippen LogP contribution is -2.07. The summed E-state index contributed by atoms with van der Waals surface area (Å²) >= 11 is 3.40. The van der Waals surface area contributed by atoms with Crippen molar-refractivity contribution in [2.24, 2.45) is 0 Å². The first-order chi connectivity index (χ1) is 19.5. The Bertz CT molecular complexity index is 799. The molecule has 1 aromatic rings. The Hall–Kier alpha value is -1.34. The third-order valence-corrected chi connectivity index (χ3v) is 8.88. The molecule has 0 heterocycles. The monoisotopic (exact) mass is 596 g/mol. The molecule has 0 aromatic heterocycles. The highest BCUT2D eigenvalue weighted by atomic mass is 32.2. The second-order valence-corrected chi connectivity index (χ2v) is 12.9. The van der Waals surface area contributed by atoms with Gasteiger partial charge >= 0.3 is 11.9 Å². The summed E-state index contributed by atoms with van der Waals surface area (Å²) in [6.07, 6.45) is 17.8. The lowest BCUT2D eigenvalue weighted by molar-refractivity contribution is -0.144. The highest BCUT2D eigenvalue weighted by molar-refractivity contribution is 7.98. The molecule has 0 unspecified atom stereocenters. The topological polar surface area (TPSA) is 72.8 Å². The van der Waals surface area contributed by atoms with Crippen LogP contribution in [0.1, 0.15) is 133 Å². The molecule has 230 valence electrons. The first-order valence-corrected chi connectivity index (χ1v) is 18.1. The van der Waals surface area contributed by atoms with E-state index in [4.69, 9.17) is 9.47 Å². The summed E-state index contributed by atoms with van der Waals surface area (Å²) in [7, 11) is 0. The summed E-state index contributed by atoms with van der Waals surface area (Å²) in [6, 6.07) is 4.08. The molecule has 40 heavy (non-hydrogen) atoms. The number of carbonyl (C=O) groups excluding carboxylic acids is 2. The lowest BCUT2D eigenvalue weighted by Gasteiger charge is -2.11. The van der Waals surface area contributed by atoms with Crippen LogP contribution in [0.4, 0.5) is 0 Å². The molecule has 0 radical (unpaired) electrons. The summed E-state index contributed by atoms with van der Waals surface area (Å²) in [6.45, 7) is 7.22. The molecule has 0 aliphatic rings. The van der Waals surface area contributed by atoms with Gasteiger partial charge in [0.1, 0.15) is 19.0 Å². The number of rotatable bonds is 26. The zero-order chi connectivity index (χ0) is 29.3. The van der Waals surface area contributed by atoms with Crippen LogP contribution in [0, 0.1) is 6.92 Å². The highest BCUT2D eigenvalue weighted by Crippen LogP contribution is 2.29. The largest absolute Gasteiger partial charge is 0.507 e. The minimum Gasteiger partial charge on any atom is -0.507 e. The summed E-state index contributed by atoms with van der Waals surface area (Å²) in [5.41, 5.74) is 2.94. The number of hydrogen-bond donors (Lipinski definition) is 1. The maximum Gasteiger partial charge on any atom is 0.305 e. The van der Waals surface area contributed by atoms with Crippen LogP contribution < -0.4 is 0 Å². The molecule has 0 aliphatic heterocycles. The van der Waals surface area contributed by atoms with Crippen LogP contribution in [0.25, 0.3) is 0 Å². The predicted molar refractivity (Wildman–Crippen MR) is 172 cm³/mol. The Morgan fingerprint density at radius 3 is 1.62 bits per heavy atom. The van der Waals surface area contributed by atoms with E-state index in [1.165, 1.54) is 64.2 Å². The van der Waals surface area contributed by atoms with E-state index in [1.807, 2.05) is 13.0 Å². The predicted octanol–water partition coefficient (Wildman–Crippen LogP) is 9.53. The number of esters is 2. The van der Waals surface area contributed by atoms with Gasteiger partial charge in [0.25, 0.3) is 0 Å². The van der Waals surface area contributed by atoms with Gasteiger partial charge in [-0.1, -0.05) is 103 Å². The average molecular weight is 597 g/mol. The van der Waals surface area contributed by atoms with Crippen molar-refractivity contribution in [1.29, 1.82) is 0 Å². The zero-order valence-electron chi connectivity index (χ0n) is 25.6. The molecule has 7 heteroatoms. The number of carbonyl (C=O) groups is 2. The van der Waals surface area contributed by atoms with Crippen molar-refractivity contribution in [1.82, 2.24) is 0 Å². The second kappa shape index (κ2) is 25.4. The van der Waals surface area contributed by atoms with Crippen molar-refractivity contribution in [2.45, 2.75) is 135 Å². The SMILES string of the molecule is CCCCCCCCCC(=O)OCCSCc1cc(C)c(O)c(CSCCOC(=O)CCCCCCCCC)c1. The van der Waals surface area contributed by atoms with Gasteiger partial charge in [-0.25, -0.2) is 0 Å². The van der Waals surface area contributed by atoms with Crippen molar-refractivity contribution in [3.63, 3.8) is 0 Å². The molecule has 0 aliphatic carbocycles. The van der Waals surface area contributed by atoms with E-state index in [-0.39, 0.29) is 11.9 Å². The van der Waals surface area contributed by atoms with Gasteiger partial charge in [-0.3, -0.25) is 9.59 Å². The fourth-order valence-electron chi connectivity index (χ4n) is 4.53. The number of aryl methyl sites for hydroxylation is 1. The molecule has 0 atom stereocenters. The molecular weight excluding hydrogens is 540 g/mol. The number of hydrogen-bond acceptors (Lipinski definition) is 7. The Morgan fingerprint density at radius 1 is 0.675 bits per heavy atom. The van der Waals surface area contributed by atoms with Crippen molar-refractivity contribution < 1.29 is 24.2 Å². The highest BCUT2D eigenvalue weighted by Gasteiger charge is 2.09. The maximum atomic E-state index is 11.9. The van der Waals surface area contributed by atoms with Crippen LogP contribution in [0.15, 0.2) is 12.1 Å². The smallest absolute Gasteiger partial charge is 0.305 e. The first kappa shape index (κ1) is 36.7. The Kier molecular flexibility index (Phi) is 23.3. The molecule has 0 spiro atoms. The van der Waals surface area contributed by atoms with Crippen LogP contribution in [0.5, 0.6) is 5.75 Å². The van der Waals surface area contributed by atoms with E-state index in [9.17, 15) is 14.7 Å². The van der Waals surface area contributed by atoms with Crippen LogP contribution in [-0.4, -0.2) is 41.8 Å². The van der Waals surface area contributed by atoms with Gasteiger partial charge in [-0.15, -0.1) is 0 Å². The number of thioether (sulfide) groups is 2. The number of ether oxygens (including phenoxy) is 2. The van der Waals surface area contributed by atoms with Crippen molar-refractivity contribution in [3.05, 3.63) is 28.8 Å². The molecule has 1 N–H and O–H groups in total. The van der Waals surface area contributed by atoms with Crippen LogP contribution in [0.3, 0.4) is 0 Å². The molecular formula is C33H56O5S2. The molecule has 5 nitrogen and oxygen atoms in total. The quantitative estimate of drug-likeness (QED) is 0.0843. The second-order valence-electron chi connectivity index (χ2n) is 10.7. The van der Waals surface area contributed by atoms with Gasteiger partial charge in [-0.05, 0) is 30.9 Å². The van der Waals surface area contributed by atoms with Crippen LogP contribution >= 0.6 is 23.5 Å². The van der Waals surface area contributed by atoms with Gasteiger partial charge in [0.2, 0.25) is 0 Å². The van der Waals surface area contributed by atoms with Crippen LogP contribution in [0.2, 0.25) is 0 Å². The van der Waals surface area contributed by atoms with E-state index < -0.39 is 0 Å². The van der Waals surface area contributed by atoms with E-state index in [1.54, 1.807) is 23.5 Å². The lowest BCUT2D eigenvalue weighted by atomic mass is 10.1. The van der Waals surface area contributed by atoms with E-state index in [0.29, 0.717) is 43.3 Å². The summed E-state index contributed by atoms with van der Waals surface area (Å²) < 4.78 is 10.8. The van der Waals surface area contributed by atoms with Crippen molar-refractivity contribution in [2.75, 3.05) is 24.7 Å². The Balaban J connectivity index is 2.16. The van der Waals surface area contributed by atoms with Gasteiger partial charge in [0, 0.05) is 41.4 Å². The summed E-state index contributed by atoms with van der Waals surface area (Å²) in [5, 5.41) is 10.5. The third-order valence-electron chi connectivity index (χ3n) is 6.92. The number of unbranched alkanes of at least 4 members (excludes halogenated alkanes) is 12. The zero-order valence-corrected chi connectivity index (χ0v) is 27.2. The maximum absolute atomic E-state index is 11.9. The Labute approximate surface area is 253 Å². The minimum atomic E-state index is -0.102. The summed E-state index contributed by atoms with van der Waals surface area (Å²) in [4.78, 5) is 23.9. The number of aromatic hydroxyl groups is 1.